The number of benzene rings is 2. The third-order valence-electron chi connectivity index (χ3n) is 7.81. The fraction of sp³-hybridized carbons (Fsp3) is 0.387. The predicted molar refractivity (Wildman–Crippen MR) is 162 cm³/mol. The highest BCUT2D eigenvalue weighted by Gasteiger charge is 2.31. The average molecular weight is 595 g/mol. The van der Waals surface area contributed by atoms with Crippen LogP contribution in [0.2, 0.25) is 0 Å². The van der Waals surface area contributed by atoms with Gasteiger partial charge in [0, 0.05) is 56.0 Å². The number of fused-ring (bicyclic) bond motifs is 1. The summed E-state index contributed by atoms with van der Waals surface area (Å²) in [5.74, 6) is 0.101. The van der Waals surface area contributed by atoms with E-state index in [0.717, 1.165) is 44.2 Å². The second-order valence-corrected chi connectivity index (χ2v) is 11.3. The van der Waals surface area contributed by atoms with E-state index in [2.05, 4.69) is 14.9 Å². The summed E-state index contributed by atoms with van der Waals surface area (Å²) in [4.78, 5) is 24.4. The molecule has 43 heavy (non-hydrogen) atoms. The molecule has 3 heterocycles. The summed E-state index contributed by atoms with van der Waals surface area (Å²) in [6, 6.07) is 13.4. The zero-order chi connectivity index (χ0) is 30.7. The smallest absolute Gasteiger partial charge is 0.370 e. The molecule has 0 spiro atoms. The first-order valence-electron chi connectivity index (χ1n) is 14.5. The van der Waals surface area contributed by atoms with Gasteiger partial charge in [-0.1, -0.05) is 12.1 Å². The molecule has 5 rings (SSSR count). The van der Waals surface area contributed by atoms with Crippen LogP contribution in [0.3, 0.4) is 0 Å². The number of hydrogen-bond acceptors (Lipinski definition) is 5. The van der Waals surface area contributed by atoms with Crippen LogP contribution in [0.4, 0.5) is 13.2 Å². The summed E-state index contributed by atoms with van der Waals surface area (Å²) in [5.41, 5.74) is 13.7. The zero-order valence-electron chi connectivity index (χ0n) is 24.1. The molecule has 4 aromatic rings. The third kappa shape index (κ3) is 7.44. The molecule has 1 fully saturated rings. The lowest BCUT2D eigenvalue weighted by Gasteiger charge is -2.22. The molecule has 2 aromatic carbocycles. The molecule has 6 N–H and O–H groups in total. The van der Waals surface area contributed by atoms with Gasteiger partial charge in [0.15, 0.2) is 5.96 Å². The number of alkyl halides is 3. The zero-order valence-corrected chi connectivity index (χ0v) is 24.1. The first-order chi connectivity index (χ1) is 20.5. The molecule has 1 atom stereocenters. The Kier molecular flexibility index (Phi) is 8.88. The Labute approximate surface area is 247 Å². The summed E-state index contributed by atoms with van der Waals surface area (Å²) >= 11 is 0. The lowest BCUT2D eigenvalue weighted by Crippen LogP contribution is -2.39. The van der Waals surface area contributed by atoms with Gasteiger partial charge in [-0.05, 0) is 85.7 Å². The van der Waals surface area contributed by atoms with Crippen LogP contribution in [0.1, 0.15) is 42.9 Å². The van der Waals surface area contributed by atoms with Crippen LogP contribution in [0.25, 0.3) is 28.0 Å². The summed E-state index contributed by atoms with van der Waals surface area (Å²) in [6.07, 6.45) is -0.0363. The topological polar surface area (TPSA) is 133 Å². The normalized spacial score (nSPS) is 15.5. The number of aromatic nitrogens is 3. The highest BCUT2D eigenvalue weighted by molar-refractivity contribution is 5.82. The fourth-order valence-corrected chi connectivity index (χ4v) is 5.51. The monoisotopic (exact) mass is 594 g/mol. The number of nitrogens with two attached hydrogens (primary N) is 2. The van der Waals surface area contributed by atoms with Crippen LogP contribution >= 0.6 is 0 Å². The second kappa shape index (κ2) is 12.6. The SMILES string of the molecule is C[C@H](N)CCCc1cc(-c2cc3cn(-c4ccc(CN5CCCN(C(=N)N)CC5)cc4)c(=O)nc3[nH]2)cc(C(F)(F)F)c1. The molecular weight excluding hydrogens is 557 g/mol. The number of nitrogens with zero attached hydrogens (tertiary/aromatic N) is 4. The second-order valence-electron chi connectivity index (χ2n) is 11.3. The Hall–Kier alpha value is -4.16. The highest BCUT2D eigenvalue weighted by Crippen LogP contribution is 2.34. The Morgan fingerprint density at radius 3 is 2.53 bits per heavy atom. The Balaban J connectivity index is 1.37. The molecule has 1 saturated heterocycles. The minimum Gasteiger partial charge on any atom is -0.370 e. The number of aromatic amines is 1. The molecule has 0 aliphatic carbocycles. The molecule has 1 aliphatic heterocycles. The van der Waals surface area contributed by atoms with Crippen LogP contribution in [-0.4, -0.2) is 62.5 Å². The van der Waals surface area contributed by atoms with E-state index in [4.69, 9.17) is 16.9 Å². The van der Waals surface area contributed by atoms with Gasteiger partial charge in [0.1, 0.15) is 5.65 Å². The van der Waals surface area contributed by atoms with E-state index in [1.165, 1.54) is 10.6 Å². The van der Waals surface area contributed by atoms with E-state index in [1.807, 2.05) is 36.1 Å². The molecule has 9 nitrogen and oxygen atoms in total. The van der Waals surface area contributed by atoms with Crippen molar-refractivity contribution in [2.75, 3.05) is 26.2 Å². The van der Waals surface area contributed by atoms with Crippen molar-refractivity contribution in [3.8, 4) is 16.9 Å². The van der Waals surface area contributed by atoms with Gasteiger partial charge >= 0.3 is 11.9 Å². The van der Waals surface area contributed by atoms with Crippen molar-refractivity contribution >= 4 is 17.0 Å². The van der Waals surface area contributed by atoms with Gasteiger partial charge in [0.25, 0.3) is 0 Å². The van der Waals surface area contributed by atoms with E-state index in [-0.39, 0.29) is 12.0 Å². The van der Waals surface area contributed by atoms with Gasteiger partial charge in [-0.2, -0.15) is 18.2 Å². The number of aryl methyl sites for hydroxylation is 1. The first kappa shape index (κ1) is 30.3. The van der Waals surface area contributed by atoms with Gasteiger partial charge in [-0.3, -0.25) is 14.9 Å². The van der Waals surface area contributed by atoms with Gasteiger partial charge in [0.05, 0.1) is 11.3 Å². The molecule has 0 radical (unpaired) electrons. The summed E-state index contributed by atoms with van der Waals surface area (Å²) in [7, 11) is 0. The first-order valence-corrected chi connectivity index (χ1v) is 14.5. The Morgan fingerprint density at radius 2 is 1.84 bits per heavy atom. The highest BCUT2D eigenvalue weighted by atomic mass is 19.4. The van der Waals surface area contributed by atoms with Crippen LogP contribution in [-0.2, 0) is 19.1 Å². The van der Waals surface area contributed by atoms with Crippen LogP contribution < -0.4 is 17.2 Å². The predicted octanol–water partition coefficient (Wildman–Crippen LogP) is 4.47. The van der Waals surface area contributed by atoms with Crippen LogP contribution in [0.15, 0.2) is 59.5 Å². The maximum Gasteiger partial charge on any atom is 0.416 e. The van der Waals surface area contributed by atoms with Crippen molar-refractivity contribution in [2.45, 2.75) is 51.4 Å². The molecule has 0 unspecified atom stereocenters. The minimum absolute atomic E-state index is 0.0198. The van der Waals surface area contributed by atoms with Crippen molar-refractivity contribution < 1.29 is 13.2 Å². The lowest BCUT2D eigenvalue weighted by molar-refractivity contribution is -0.137. The van der Waals surface area contributed by atoms with E-state index >= 15 is 0 Å². The van der Waals surface area contributed by atoms with Crippen molar-refractivity contribution in [1.29, 1.82) is 5.41 Å². The molecule has 0 bridgehead atoms. The number of guanidine groups is 1. The molecule has 0 saturated carbocycles. The molecule has 228 valence electrons. The van der Waals surface area contributed by atoms with Crippen molar-refractivity contribution in [2.24, 2.45) is 11.5 Å². The van der Waals surface area contributed by atoms with Crippen LogP contribution in [0, 0.1) is 5.41 Å². The van der Waals surface area contributed by atoms with Crippen molar-refractivity contribution in [3.63, 3.8) is 0 Å². The maximum atomic E-state index is 13.7. The number of H-pyrrole nitrogens is 1. The summed E-state index contributed by atoms with van der Waals surface area (Å²) in [5, 5.41) is 8.28. The molecule has 12 heteroatoms. The van der Waals surface area contributed by atoms with Gasteiger partial charge in [-0.15, -0.1) is 0 Å². The Morgan fingerprint density at radius 1 is 1.07 bits per heavy atom. The fourth-order valence-electron chi connectivity index (χ4n) is 5.51. The number of nitrogens with one attached hydrogen (secondary N) is 2. The Bertz CT molecular complexity index is 1640. The quantitative estimate of drug-likeness (QED) is 0.176. The average Bonchev–Trinajstić information content (AvgIpc) is 3.21. The number of hydrogen-bond donors (Lipinski definition) is 4. The molecule has 1 aliphatic rings. The van der Waals surface area contributed by atoms with Gasteiger partial charge in [-0.25, -0.2) is 4.79 Å². The molecule has 0 amide bonds. The summed E-state index contributed by atoms with van der Waals surface area (Å²) < 4.78 is 42.6. The van der Waals surface area contributed by atoms with Crippen LogP contribution in [0.5, 0.6) is 0 Å². The number of halogens is 3. The van der Waals surface area contributed by atoms with E-state index < -0.39 is 17.4 Å². The molecule has 2 aromatic heterocycles. The van der Waals surface area contributed by atoms with E-state index in [1.54, 1.807) is 18.3 Å². The summed E-state index contributed by atoms with van der Waals surface area (Å²) in [6.45, 7) is 5.81. The largest absolute Gasteiger partial charge is 0.416 e. The minimum atomic E-state index is -4.49. The van der Waals surface area contributed by atoms with E-state index in [0.29, 0.717) is 59.3 Å². The third-order valence-corrected chi connectivity index (χ3v) is 7.81. The maximum absolute atomic E-state index is 13.7. The number of rotatable bonds is 8. The van der Waals surface area contributed by atoms with E-state index in [9.17, 15) is 18.0 Å². The lowest BCUT2D eigenvalue weighted by atomic mass is 9.99. The van der Waals surface area contributed by atoms with Gasteiger partial charge in [0.2, 0.25) is 0 Å². The van der Waals surface area contributed by atoms with Gasteiger partial charge < -0.3 is 21.4 Å². The molecular formula is C31H37F3N8O. The van der Waals surface area contributed by atoms with Crippen molar-refractivity contribution in [1.82, 2.24) is 24.3 Å². The standard InChI is InChI=1S/C31H37F3N8O/c1-20(35)4-2-5-22-14-23(16-25(15-22)31(32,33)34)27-17-24-19-42(30(43)39-28(24)38-27)26-8-6-21(7-9-26)18-40-10-3-11-41(13-12-40)29(36)37/h6-9,14-17,19-20H,2-5,10-13,18,35H2,1H3,(H3,36,37)(H,38,39,43)/t20-/m0/s1. The van der Waals surface area contributed by atoms with Crippen molar-refractivity contribution in [3.05, 3.63) is 81.9 Å².